The van der Waals surface area contributed by atoms with E-state index >= 15 is 0 Å². The number of nitrogens with zero attached hydrogens (tertiary/aromatic N) is 1. The molecule has 2 amide bonds. The molecule has 0 bridgehead atoms. The van der Waals surface area contributed by atoms with Crippen LogP contribution in [0.4, 0.5) is 10.8 Å². The summed E-state index contributed by atoms with van der Waals surface area (Å²) < 4.78 is 0. The van der Waals surface area contributed by atoms with Crippen LogP contribution in [0.15, 0.2) is 60.0 Å². The molecule has 0 spiro atoms. The lowest BCUT2D eigenvalue weighted by atomic mass is 9.87. The molecule has 0 fully saturated rings. The van der Waals surface area contributed by atoms with E-state index in [0.29, 0.717) is 16.4 Å². The summed E-state index contributed by atoms with van der Waals surface area (Å²) in [5.41, 5.74) is 3.23. The highest BCUT2D eigenvalue weighted by Crippen LogP contribution is 2.23. The first kappa shape index (κ1) is 19.8. The topological polar surface area (TPSA) is 71.1 Å². The standard InChI is InChI=1S/C22H23N3O2S/c1-22(2,3)16-9-11-17(12-10-16)23-19(26)13-18-14-28-21(24-18)25-20(27)15-7-5-4-6-8-15/h4-12,14H,13H2,1-3H3,(H,23,26)(H,24,25,27). The fourth-order valence-electron chi connectivity index (χ4n) is 2.63. The van der Waals surface area contributed by atoms with Crippen molar-refractivity contribution < 1.29 is 9.59 Å². The van der Waals surface area contributed by atoms with Crippen molar-refractivity contribution in [3.8, 4) is 0 Å². The Hall–Kier alpha value is -2.99. The largest absolute Gasteiger partial charge is 0.326 e. The van der Waals surface area contributed by atoms with Crippen molar-refractivity contribution in [2.45, 2.75) is 32.6 Å². The van der Waals surface area contributed by atoms with Crippen molar-refractivity contribution in [1.82, 2.24) is 4.98 Å². The van der Waals surface area contributed by atoms with Crippen LogP contribution in [0.2, 0.25) is 0 Å². The summed E-state index contributed by atoms with van der Waals surface area (Å²) in [4.78, 5) is 28.8. The van der Waals surface area contributed by atoms with Crippen molar-refractivity contribution in [3.63, 3.8) is 0 Å². The SMILES string of the molecule is CC(C)(C)c1ccc(NC(=O)Cc2csc(NC(=O)c3ccccc3)n2)cc1. The molecule has 0 unspecified atom stereocenters. The number of nitrogens with one attached hydrogen (secondary N) is 2. The zero-order chi connectivity index (χ0) is 20.1. The first-order valence-electron chi connectivity index (χ1n) is 9.02. The molecular weight excluding hydrogens is 370 g/mol. The van der Waals surface area contributed by atoms with Crippen molar-refractivity contribution in [2.24, 2.45) is 0 Å². The molecule has 3 aromatic rings. The molecule has 144 valence electrons. The van der Waals surface area contributed by atoms with Gasteiger partial charge in [-0.05, 0) is 35.2 Å². The fraction of sp³-hybridized carbons (Fsp3) is 0.227. The van der Waals surface area contributed by atoms with Crippen LogP contribution in [0.5, 0.6) is 0 Å². The number of rotatable bonds is 5. The lowest BCUT2D eigenvalue weighted by molar-refractivity contribution is -0.115. The third-order valence-corrected chi connectivity index (χ3v) is 4.99. The minimum absolute atomic E-state index is 0.0731. The van der Waals surface area contributed by atoms with Crippen LogP contribution in [0, 0.1) is 0 Å². The minimum atomic E-state index is -0.218. The van der Waals surface area contributed by atoms with Gasteiger partial charge in [0.05, 0.1) is 12.1 Å². The van der Waals surface area contributed by atoms with E-state index in [1.54, 1.807) is 29.6 Å². The molecule has 3 rings (SSSR count). The normalized spacial score (nSPS) is 11.1. The van der Waals surface area contributed by atoms with Gasteiger partial charge in [-0.25, -0.2) is 4.98 Å². The number of benzene rings is 2. The molecule has 0 saturated carbocycles. The molecule has 0 aliphatic heterocycles. The Morgan fingerprint density at radius 3 is 2.29 bits per heavy atom. The molecule has 0 radical (unpaired) electrons. The lowest BCUT2D eigenvalue weighted by Crippen LogP contribution is -2.16. The van der Waals surface area contributed by atoms with Crippen molar-refractivity contribution in [1.29, 1.82) is 0 Å². The van der Waals surface area contributed by atoms with Crippen LogP contribution in [0.3, 0.4) is 0 Å². The van der Waals surface area contributed by atoms with Gasteiger partial charge in [-0.2, -0.15) is 0 Å². The summed E-state index contributed by atoms with van der Waals surface area (Å²) in [7, 11) is 0. The molecule has 2 aromatic carbocycles. The number of carbonyl (C=O) groups excluding carboxylic acids is 2. The first-order chi connectivity index (χ1) is 13.3. The molecule has 6 heteroatoms. The Bertz CT molecular complexity index is 957. The zero-order valence-electron chi connectivity index (χ0n) is 16.2. The van der Waals surface area contributed by atoms with Crippen LogP contribution in [-0.2, 0) is 16.6 Å². The molecule has 28 heavy (non-hydrogen) atoms. The van der Waals surface area contributed by atoms with Crippen molar-refractivity contribution >= 4 is 34.0 Å². The molecule has 0 aliphatic carbocycles. The van der Waals surface area contributed by atoms with E-state index in [4.69, 9.17) is 0 Å². The number of hydrogen-bond acceptors (Lipinski definition) is 4. The summed E-state index contributed by atoms with van der Waals surface area (Å²) in [5, 5.41) is 7.90. The van der Waals surface area contributed by atoms with E-state index in [9.17, 15) is 9.59 Å². The van der Waals surface area contributed by atoms with Crippen molar-refractivity contribution in [2.75, 3.05) is 10.6 Å². The minimum Gasteiger partial charge on any atom is -0.326 e. The lowest BCUT2D eigenvalue weighted by Gasteiger charge is -2.19. The average Bonchev–Trinajstić information content (AvgIpc) is 3.08. The van der Waals surface area contributed by atoms with Crippen LogP contribution in [0.25, 0.3) is 0 Å². The Morgan fingerprint density at radius 1 is 0.964 bits per heavy atom. The number of amides is 2. The predicted octanol–water partition coefficient (Wildman–Crippen LogP) is 4.87. The van der Waals surface area contributed by atoms with E-state index in [-0.39, 0.29) is 23.7 Å². The molecule has 5 nitrogen and oxygen atoms in total. The van der Waals surface area contributed by atoms with E-state index < -0.39 is 0 Å². The second-order valence-electron chi connectivity index (χ2n) is 7.52. The second kappa shape index (κ2) is 8.35. The third-order valence-electron chi connectivity index (χ3n) is 4.18. The Balaban J connectivity index is 1.56. The summed E-state index contributed by atoms with van der Waals surface area (Å²) in [5.74, 6) is -0.361. The van der Waals surface area contributed by atoms with E-state index in [2.05, 4.69) is 36.4 Å². The number of aromatic nitrogens is 1. The van der Waals surface area contributed by atoms with E-state index in [0.717, 1.165) is 5.69 Å². The van der Waals surface area contributed by atoms with Crippen molar-refractivity contribution in [3.05, 3.63) is 76.8 Å². The Labute approximate surface area is 168 Å². The molecule has 0 atom stereocenters. The van der Waals surface area contributed by atoms with E-state index in [1.807, 2.05) is 30.3 Å². The fourth-order valence-corrected chi connectivity index (χ4v) is 3.33. The van der Waals surface area contributed by atoms with E-state index in [1.165, 1.54) is 16.9 Å². The molecule has 0 saturated heterocycles. The number of carbonyl (C=O) groups is 2. The van der Waals surface area contributed by atoms with Gasteiger partial charge in [-0.1, -0.05) is 51.1 Å². The van der Waals surface area contributed by atoms with Gasteiger partial charge in [0.25, 0.3) is 5.91 Å². The third kappa shape index (κ3) is 5.27. The highest BCUT2D eigenvalue weighted by atomic mass is 32.1. The second-order valence-corrected chi connectivity index (χ2v) is 8.37. The number of anilines is 2. The smallest absolute Gasteiger partial charge is 0.257 e. The van der Waals surface area contributed by atoms with Crippen LogP contribution in [-0.4, -0.2) is 16.8 Å². The van der Waals surface area contributed by atoms with Crippen LogP contribution < -0.4 is 10.6 Å². The maximum absolute atomic E-state index is 12.3. The van der Waals surface area contributed by atoms with Gasteiger partial charge in [0.15, 0.2) is 5.13 Å². The summed E-state index contributed by atoms with van der Waals surface area (Å²) >= 11 is 1.30. The summed E-state index contributed by atoms with van der Waals surface area (Å²) in [6.07, 6.45) is 0.152. The van der Waals surface area contributed by atoms with Gasteiger partial charge in [0.2, 0.25) is 5.91 Å². The van der Waals surface area contributed by atoms with Gasteiger partial charge < -0.3 is 5.32 Å². The number of hydrogen-bond donors (Lipinski definition) is 2. The van der Waals surface area contributed by atoms with Crippen LogP contribution in [0.1, 0.15) is 42.4 Å². The van der Waals surface area contributed by atoms with Gasteiger partial charge in [-0.3, -0.25) is 14.9 Å². The van der Waals surface area contributed by atoms with Crippen LogP contribution >= 0.6 is 11.3 Å². The monoisotopic (exact) mass is 393 g/mol. The molecular formula is C22H23N3O2S. The van der Waals surface area contributed by atoms with Gasteiger partial charge in [0.1, 0.15) is 0 Å². The summed E-state index contributed by atoms with van der Waals surface area (Å²) in [6, 6.07) is 16.8. The molecule has 1 heterocycles. The average molecular weight is 394 g/mol. The summed E-state index contributed by atoms with van der Waals surface area (Å²) in [6.45, 7) is 6.45. The Kier molecular flexibility index (Phi) is 5.90. The zero-order valence-corrected chi connectivity index (χ0v) is 17.0. The van der Waals surface area contributed by atoms with Gasteiger partial charge in [-0.15, -0.1) is 11.3 Å². The maximum atomic E-state index is 12.3. The molecule has 0 aliphatic rings. The first-order valence-corrected chi connectivity index (χ1v) is 9.90. The van der Waals surface area contributed by atoms with Gasteiger partial charge >= 0.3 is 0 Å². The highest BCUT2D eigenvalue weighted by Gasteiger charge is 2.14. The molecule has 1 aromatic heterocycles. The maximum Gasteiger partial charge on any atom is 0.257 e. The molecule has 2 N–H and O–H groups in total. The predicted molar refractivity (Wildman–Crippen MR) is 114 cm³/mol. The van der Waals surface area contributed by atoms with Gasteiger partial charge in [0, 0.05) is 16.6 Å². The quantitative estimate of drug-likeness (QED) is 0.649. The Morgan fingerprint density at radius 2 is 1.64 bits per heavy atom. The number of thiazole rings is 1. The highest BCUT2D eigenvalue weighted by molar-refractivity contribution is 7.14.